The summed E-state index contributed by atoms with van der Waals surface area (Å²) < 4.78 is 30.4. The third kappa shape index (κ3) is 3.82. The minimum absolute atomic E-state index is 0.0855. The van der Waals surface area contributed by atoms with Gasteiger partial charge in [-0.3, -0.25) is 4.79 Å². The van der Waals surface area contributed by atoms with Crippen molar-refractivity contribution in [3.05, 3.63) is 50.9 Å². The zero-order valence-electron chi connectivity index (χ0n) is 11.9. The van der Waals surface area contributed by atoms with Crippen molar-refractivity contribution >= 4 is 21.6 Å². The molecule has 118 valence electrons. The molecule has 0 saturated carbocycles. The van der Waals surface area contributed by atoms with Crippen LogP contribution in [0.4, 0.5) is 14.5 Å². The van der Waals surface area contributed by atoms with E-state index in [-0.39, 0.29) is 17.4 Å². The highest BCUT2D eigenvalue weighted by Crippen LogP contribution is 2.25. The highest BCUT2D eigenvalue weighted by Gasteiger charge is 2.12. The second-order valence-corrected chi connectivity index (χ2v) is 5.41. The predicted molar refractivity (Wildman–Crippen MR) is 82.3 cm³/mol. The van der Waals surface area contributed by atoms with Gasteiger partial charge >= 0.3 is 6.61 Å². The molecule has 1 heterocycles. The van der Waals surface area contributed by atoms with Crippen molar-refractivity contribution in [1.82, 2.24) is 9.78 Å². The quantitative estimate of drug-likeness (QED) is 0.873. The third-order valence-corrected chi connectivity index (χ3v) is 3.80. The van der Waals surface area contributed by atoms with Crippen LogP contribution in [0.2, 0.25) is 0 Å². The number of ether oxygens (including phenoxy) is 1. The molecule has 1 N–H and O–H groups in total. The molecule has 0 bridgehead atoms. The molecule has 5 nitrogen and oxygen atoms in total. The number of nitrogens with one attached hydrogen (secondary N) is 1. The van der Waals surface area contributed by atoms with E-state index in [1.54, 1.807) is 19.2 Å². The van der Waals surface area contributed by atoms with E-state index in [1.807, 2.05) is 6.92 Å². The monoisotopic (exact) mass is 373 g/mol. The molecule has 0 amide bonds. The van der Waals surface area contributed by atoms with Gasteiger partial charge in [-0.2, -0.15) is 13.9 Å². The van der Waals surface area contributed by atoms with E-state index in [4.69, 9.17) is 0 Å². The standard InChI is InChI=1S/C14H14BrF2N3O2/c1-8(9-4-3-5-10(6-9)22-14(16)17)19-11-7-18-20(2)13(21)12(11)15/h3-8,14,19H,1-2H3. The first kappa shape index (κ1) is 16.4. The van der Waals surface area contributed by atoms with Gasteiger partial charge in [0, 0.05) is 13.1 Å². The molecule has 1 aromatic heterocycles. The van der Waals surface area contributed by atoms with E-state index in [1.165, 1.54) is 23.0 Å². The molecule has 22 heavy (non-hydrogen) atoms. The lowest BCUT2D eigenvalue weighted by Gasteiger charge is -2.17. The Labute approximate surface area is 134 Å². The van der Waals surface area contributed by atoms with Gasteiger partial charge in [0.2, 0.25) is 0 Å². The zero-order chi connectivity index (χ0) is 16.3. The van der Waals surface area contributed by atoms with Crippen LogP contribution < -0.4 is 15.6 Å². The lowest BCUT2D eigenvalue weighted by Crippen LogP contribution is -2.22. The fourth-order valence-electron chi connectivity index (χ4n) is 1.89. The Balaban J connectivity index is 2.21. The Morgan fingerprint density at radius 3 is 2.82 bits per heavy atom. The maximum absolute atomic E-state index is 12.2. The summed E-state index contributed by atoms with van der Waals surface area (Å²) in [6.45, 7) is -1.03. The maximum Gasteiger partial charge on any atom is 0.387 e. The van der Waals surface area contributed by atoms with Gasteiger partial charge in [0.25, 0.3) is 5.56 Å². The largest absolute Gasteiger partial charge is 0.435 e. The number of rotatable bonds is 5. The highest BCUT2D eigenvalue weighted by atomic mass is 79.9. The number of nitrogens with zero attached hydrogens (tertiary/aromatic N) is 2. The number of aromatic nitrogens is 2. The van der Waals surface area contributed by atoms with Crippen molar-refractivity contribution in [1.29, 1.82) is 0 Å². The number of hydrogen-bond acceptors (Lipinski definition) is 4. The number of halogens is 3. The van der Waals surface area contributed by atoms with Crippen molar-refractivity contribution in [2.75, 3.05) is 5.32 Å². The minimum atomic E-state index is -2.87. The van der Waals surface area contributed by atoms with E-state index < -0.39 is 6.61 Å². The first-order chi connectivity index (χ1) is 10.4. The van der Waals surface area contributed by atoms with Crippen LogP contribution in [-0.4, -0.2) is 16.4 Å². The SMILES string of the molecule is CC(Nc1cnn(C)c(=O)c1Br)c1cccc(OC(F)F)c1. The molecular weight excluding hydrogens is 360 g/mol. The van der Waals surface area contributed by atoms with E-state index in [0.29, 0.717) is 10.2 Å². The van der Waals surface area contributed by atoms with Crippen LogP contribution in [-0.2, 0) is 7.05 Å². The molecule has 0 aliphatic rings. The molecule has 1 atom stereocenters. The van der Waals surface area contributed by atoms with Gasteiger partial charge in [0.1, 0.15) is 10.2 Å². The van der Waals surface area contributed by atoms with Crippen molar-refractivity contribution in [2.24, 2.45) is 7.05 Å². The molecule has 1 aromatic carbocycles. The van der Waals surface area contributed by atoms with Crippen molar-refractivity contribution in [2.45, 2.75) is 19.6 Å². The van der Waals surface area contributed by atoms with Crippen LogP contribution in [0.15, 0.2) is 39.7 Å². The molecule has 1 unspecified atom stereocenters. The minimum Gasteiger partial charge on any atom is -0.435 e. The van der Waals surface area contributed by atoms with E-state index in [9.17, 15) is 13.6 Å². The lowest BCUT2D eigenvalue weighted by atomic mass is 10.1. The third-order valence-electron chi connectivity index (χ3n) is 3.03. The first-order valence-corrected chi connectivity index (χ1v) is 7.21. The molecule has 8 heteroatoms. The van der Waals surface area contributed by atoms with Crippen LogP contribution in [0.1, 0.15) is 18.5 Å². The summed E-state index contributed by atoms with van der Waals surface area (Å²) in [5, 5.41) is 7.04. The van der Waals surface area contributed by atoms with Crippen LogP contribution in [0.25, 0.3) is 0 Å². The molecule has 0 spiro atoms. The molecule has 2 rings (SSSR count). The molecule has 0 aliphatic carbocycles. The van der Waals surface area contributed by atoms with Gasteiger partial charge in [-0.1, -0.05) is 12.1 Å². The van der Waals surface area contributed by atoms with Crippen molar-refractivity contribution in [3.63, 3.8) is 0 Å². The molecule has 0 fully saturated rings. The first-order valence-electron chi connectivity index (χ1n) is 6.41. The van der Waals surface area contributed by atoms with Gasteiger partial charge in [-0.15, -0.1) is 0 Å². The van der Waals surface area contributed by atoms with Gasteiger partial charge in [-0.25, -0.2) is 4.68 Å². The Morgan fingerprint density at radius 1 is 1.41 bits per heavy atom. The van der Waals surface area contributed by atoms with Gasteiger partial charge in [-0.05, 0) is 40.5 Å². The van der Waals surface area contributed by atoms with Crippen LogP contribution in [0.3, 0.4) is 0 Å². The Morgan fingerprint density at radius 2 is 2.14 bits per heavy atom. The molecule has 2 aromatic rings. The fourth-order valence-corrected chi connectivity index (χ4v) is 2.36. The topological polar surface area (TPSA) is 56.2 Å². The van der Waals surface area contributed by atoms with Crippen molar-refractivity contribution in [3.8, 4) is 5.75 Å². The predicted octanol–water partition coefficient (Wildman–Crippen LogP) is 3.32. The molecule has 0 aliphatic heterocycles. The molecular formula is C14H14BrF2N3O2. The average Bonchev–Trinajstić information content (AvgIpc) is 2.47. The van der Waals surface area contributed by atoms with Crippen LogP contribution in [0.5, 0.6) is 5.75 Å². The lowest BCUT2D eigenvalue weighted by molar-refractivity contribution is -0.0498. The van der Waals surface area contributed by atoms with Gasteiger partial charge in [0.15, 0.2) is 0 Å². The van der Waals surface area contributed by atoms with Gasteiger partial charge < -0.3 is 10.1 Å². The average molecular weight is 374 g/mol. The number of hydrogen-bond donors (Lipinski definition) is 1. The van der Waals surface area contributed by atoms with Crippen molar-refractivity contribution < 1.29 is 13.5 Å². The van der Waals surface area contributed by atoms with Crippen LogP contribution >= 0.6 is 15.9 Å². The number of anilines is 1. The van der Waals surface area contributed by atoms with Crippen LogP contribution in [0, 0.1) is 0 Å². The zero-order valence-corrected chi connectivity index (χ0v) is 13.5. The second kappa shape index (κ2) is 6.87. The second-order valence-electron chi connectivity index (χ2n) is 4.62. The summed E-state index contributed by atoms with van der Waals surface area (Å²) in [4.78, 5) is 11.8. The van der Waals surface area contributed by atoms with Gasteiger partial charge in [0.05, 0.1) is 11.9 Å². The maximum atomic E-state index is 12.2. The van der Waals surface area contributed by atoms with E-state index in [0.717, 1.165) is 5.56 Å². The summed E-state index contributed by atoms with van der Waals surface area (Å²) in [5.74, 6) is 0.0855. The normalized spacial score (nSPS) is 12.3. The summed E-state index contributed by atoms with van der Waals surface area (Å²) in [5.41, 5.74) is 0.994. The summed E-state index contributed by atoms with van der Waals surface area (Å²) in [6.07, 6.45) is 1.52. The Kier molecular flexibility index (Phi) is 5.12. The number of benzene rings is 1. The highest BCUT2D eigenvalue weighted by molar-refractivity contribution is 9.10. The molecule has 0 radical (unpaired) electrons. The summed E-state index contributed by atoms with van der Waals surface area (Å²) >= 11 is 3.22. The summed E-state index contributed by atoms with van der Waals surface area (Å²) in [7, 11) is 1.55. The Bertz CT molecular complexity index is 721. The molecule has 0 saturated heterocycles. The summed E-state index contributed by atoms with van der Waals surface area (Å²) in [6, 6.07) is 6.15. The number of alkyl halides is 2. The smallest absolute Gasteiger partial charge is 0.387 e. The fraction of sp³-hybridized carbons (Fsp3) is 0.286. The Hall–Kier alpha value is -1.96. The number of aryl methyl sites for hydroxylation is 1. The van der Waals surface area contributed by atoms with E-state index >= 15 is 0 Å². The van der Waals surface area contributed by atoms with E-state index in [2.05, 4.69) is 31.1 Å².